The third-order valence-corrected chi connectivity index (χ3v) is 3.19. The average molecular weight is 290 g/mol. The first kappa shape index (κ1) is 16.4. The Balaban J connectivity index is 3.23. The molecule has 0 aliphatic rings. The Kier molecular flexibility index (Phi) is 5.67. The first-order valence-corrected chi connectivity index (χ1v) is 6.59. The van der Waals surface area contributed by atoms with Gasteiger partial charge in [0.2, 0.25) is 0 Å². The molecule has 1 rings (SSSR count). The zero-order valence-electron chi connectivity index (χ0n) is 12.3. The number of nitrogens with zero attached hydrogens (tertiary/aromatic N) is 3. The second-order valence-corrected chi connectivity index (χ2v) is 4.61. The molecule has 21 heavy (non-hydrogen) atoms. The molecule has 0 saturated carbocycles. The van der Waals surface area contributed by atoms with Crippen LogP contribution in [-0.4, -0.2) is 35.4 Å². The van der Waals surface area contributed by atoms with Gasteiger partial charge in [-0.2, -0.15) is 5.26 Å². The van der Waals surface area contributed by atoms with Crippen LogP contribution < -0.4 is 5.32 Å². The first-order chi connectivity index (χ1) is 9.93. The van der Waals surface area contributed by atoms with Crippen molar-refractivity contribution in [3.63, 3.8) is 0 Å². The van der Waals surface area contributed by atoms with Crippen LogP contribution in [0.25, 0.3) is 0 Å². The van der Waals surface area contributed by atoms with Crippen molar-refractivity contribution in [2.75, 3.05) is 18.9 Å². The molecule has 0 saturated heterocycles. The van der Waals surface area contributed by atoms with Crippen LogP contribution >= 0.6 is 0 Å². The number of anilines is 1. The Hall–Kier alpha value is -2.62. The van der Waals surface area contributed by atoms with Crippen LogP contribution in [0.1, 0.15) is 30.6 Å². The van der Waals surface area contributed by atoms with Crippen molar-refractivity contribution in [2.24, 2.45) is 0 Å². The van der Waals surface area contributed by atoms with E-state index >= 15 is 0 Å². The maximum atomic E-state index is 12.5. The monoisotopic (exact) mass is 290 g/mol. The summed E-state index contributed by atoms with van der Waals surface area (Å²) in [4.78, 5) is 24.5. The van der Waals surface area contributed by atoms with E-state index in [1.54, 1.807) is 27.0 Å². The van der Waals surface area contributed by atoms with Gasteiger partial charge in [0.25, 0.3) is 11.6 Å². The average Bonchev–Trinajstić information content (AvgIpc) is 2.46. The molecule has 0 heterocycles. The van der Waals surface area contributed by atoms with E-state index in [1.165, 1.54) is 17.0 Å². The van der Waals surface area contributed by atoms with Crippen molar-refractivity contribution in [1.29, 1.82) is 5.26 Å². The number of benzene rings is 1. The topological polar surface area (TPSA) is 99.3 Å². The highest BCUT2D eigenvalue weighted by Gasteiger charge is 2.25. The van der Waals surface area contributed by atoms with Gasteiger partial charge in [-0.25, -0.2) is 0 Å². The summed E-state index contributed by atoms with van der Waals surface area (Å²) >= 11 is 0. The predicted molar refractivity (Wildman–Crippen MR) is 79.0 cm³/mol. The molecule has 0 bridgehead atoms. The Morgan fingerprint density at radius 2 is 2.24 bits per heavy atom. The Morgan fingerprint density at radius 3 is 2.76 bits per heavy atom. The zero-order chi connectivity index (χ0) is 16.0. The highest BCUT2D eigenvalue weighted by Crippen LogP contribution is 2.29. The number of hydrogen-bond acceptors (Lipinski definition) is 5. The molecule has 1 unspecified atom stereocenters. The lowest BCUT2D eigenvalue weighted by Crippen LogP contribution is -2.35. The maximum absolute atomic E-state index is 12.5. The highest BCUT2D eigenvalue weighted by molar-refractivity contribution is 6.01. The zero-order valence-corrected chi connectivity index (χ0v) is 12.3. The minimum atomic E-state index is -0.520. The first-order valence-electron chi connectivity index (χ1n) is 6.59. The van der Waals surface area contributed by atoms with Crippen molar-refractivity contribution in [1.82, 2.24) is 4.90 Å². The number of carbonyl (C=O) groups is 1. The summed E-state index contributed by atoms with van der Waals surface area (Å²) < 4.78 is 0. The summed E-state index contributed by atoms with van der Waals surface area (Å²) in [6, 6.07) is 6.12. The molecule has 7 heteroatoms. The van der Waals surface area contributed by atoms with Gasteiger partial charge in [-0.05, 0) is 19.9 Å². The molecule has 112 valence electrons. The highest BCUT2D eigenvalue weighted by atomic mass is 16.6. The van der Waals surface area contributed by atoms with E-state index in [-0.39, 0.29) is 35.3 Å². The standard InChI is InChI=1S/C14H18N4O3/c1-4-16-13-11(6-5-7-12(13)18(20)21)14(19)17(3)10(2)8-9-15/h5-7,10,16H,4,8H2,1-3H3. The summed E-state index contributed by atoms with van der Waals surface area (Å²) in [5.41, 5.74) is 0.313. The van der Waals surface area contributed by atoms with E-state index in [0.29, 0.717) is 6.54 Å². The van der Waals surface area contributed by atoms with Gasteiger partial charge in [0, 0.05) is 25.7 Å². The van der Waals surface area contributed by atoms with E-state index in [1.807, 2.05) is 6.07 Å². The lowest BCUT2D eigenvalue weighted by Gasteiger charge is -2.24. The van der Waals surface area contributed by atoms with Crippen molar-refractivity contribution in [3.8, 4) is 6.07 Å². The molecule has 0 aliphatic carbocycles. The Morgan fingerprint density at radius 1 is 1.57 bits per heavy atom. The van der Waals surface area contributed by atoms with Gasteiger partial charge in [0.05, 0.1) is 23.0 Å². The number of nitriles is 1. The van der Waals surface area contributed by atoms with Gasteiger partial charge in [-0.1, -0.05) is 6.07 Å². The van der Waals surface area contributed by atoms with Crippen LogP contribution in [0.3, 0.4) is 0 Å². The summed E-state index contributed by atoms with van der Waals surface area (Å²) in [5, 5.41) is 22.7. The third-order valence-electron chi connectivity index (χ3n) is 3.19. The molecule has 0 aromatic heterocycles. The summed E-state index contributed by atoms with van der Waals surface area (Å²) in [6.07, 6.45) is 0.202. The molecular weight excluding hydrogens is 272 g/mol. The third kappa shape index (κ3) is 3.69. The number of para-hydroxylation sites is 1. The predicted octanol–water partition coefficient (Wildman–Crippen LogP) is 2.40. The van der Waals surface area contributed by atoms with Gasteiger partial charge in [-0.3, -0.25) is 14.9 Å². The maximum Gasteiger partial charge on any atom is 0.293 e. The van der Waals surface area contributed by atoms with E-state index in [0.717, 1.165) is 0 Å². The van der Waals surface area contributed by atoms with Gasteiger partial charge in [-0.15, -0.1) is 0 Å². The van der Waals surface area contributed by atoms with E-state index in [9.17, 15) is 14.9 Å². The molecule has 0 spiro atoms. The Bertz CT molecular complexity index is 580. The van der Waals surface area contributed by atoms with Crippen molar-refractivity contribution >= 4 is 17.3 Å². The molecule has 1 atom stereocenters. The number of hydrogen-bond donors (Lipinski definition) is 1. The second-order valence-electron chi connectivity index (χ2n) is 4.61. The van der Waals surface area contributed by atoms with Crippen LogP contribution in [0, 0.1) is 21.4 Å². The summed E-state index contributed by atoms with van der Waals surface area (Å²) in [5.74, 6) is -0.350. The summed E-state index contributed by atoms with van der Waals surface area (Å²) in [7, 11) is 1.58. The van der Waals surface area contributed by atoms with Crippen LogP contribution in [0.15, 0.2) is 18.2 Å². The molecule has 1 aromatic carbocycles. The molecular formula is C14H18N4O3. The summed E-state index contributed by atoms with van der Waals surface area (Å²) in [6.45, 7) is 4.01. The number of nitro benzene ring substituents is 1. The number of nitrogens with one attached hydrogen (secondary N) is 1. The van der Waals surface area contributed by atoms with Crippen LogP contribution in [0.4, 0.5) is 11.4 Å². The van der Waals surface area contributed by atoms with Crippen LogP contribution in [0.5, 0.6) is 0 Å². The number of amides is 1. The molecule has 0 aliphatic heterocycles. The van der Waals surface area contributed by atoms with Gasteiger partial charge in [0.1, 0.15) is 5.69 Å². The van der Waals surface area contributed by atoms with Crippen molar-refractivity contribution < 1.29 is 9.72 Å². The van der Waals surface area contributed by atoms with Crippen LogP contribution in [-0.2, 0) is 0 Å². The molecule has 0 radical (unpaired) electrons. The fraction of sp³-hybridized carbons (Fsp3) is 0.429. The smallest absolute Gasteiger partial charge is 0.293 e. The Labute approximate surface area is 123 Å². The van der Waals surface area contributed by atoms with Crippen molar-refractivity contribution in [3.05, 3.63) is 33.9 Å². The molecule has 1 aromatic rings. The van der Waals surface area contributed by atoms with E-state index in [4.69, 9.17) is 5.26 Å². The van der Waals surface area contributed by atoms with Gasteiger partial charge < -0.3 is 10.2 Å². The lowest BCUT2D eigenvalue weighted by molar-refractivity contribution is -0.384. The number of carbonyl (C=O) groups excluding carboxylic acids is 1. The SMILES string of the molecule is CCNc1c(C(=O)N(C)C(C)CC#N)cccc1[N+](=O)[O-]. The fourth-order valence-corrected chi connectivity index (χ4v) is 1.89. The van der Waals surface area contributed by atoms with E-state index in [2.05, 4.69) is 5.32 Å². The number of rotatable bonds is 6. The molecule has 0 fully saturated rings. The minimum Gasteiger partial charge on any atom is -0.379 e. The minimum absolute atomic E-state index is 0.135. The quantitative estimate of drug-likeness (QED) is 0.640. The second kappa shape index (κ2) is 7.24. The fourth-order valence-electron chi connectivity index (χ4n) is 1.89. The molecule has 1 amide bonds. The number of nitro groups is 1. The normalized spacial score (nSPS) is 11.3. The van der Waals surface area contributed by atoms with Gasteiger partial charge in [0.15, 0.2) is 0 Å². The van der Waals surface area contributed by atoms with Crippen molar-refractivity contribution in [2.45, 2.75) is 26.3 Å². The lowest BCUT2D eigenvalue weighted by atomic mass is 10.1. The molecule has 7 nitrogen and oxygen atoms in total. The van der Waals surface area contributed by atoms with E-state index < -0.39 is 4.92 Å². The van der Waals surface area contributed by atoms with Crippen LogP contribution in [0.2, 0.25) is 0 Å². The molecule has 1 N–H and O–H groups in total. The van der Waals surface area contributed by atoms with Gasteiger partial charge >= 0.3 is 0 Å². The largest absolute Gasteiger partial charge is 0.379 e.